The number of aliphatic hydroxyl groups is 1. The molecule has 4 N–H and O–H groups in total. The van der Waals surface area contributed by atoms with Gasteiger partial charge in [0.25, 0.3) is 0 Å². The summed E-state index contributed by atoms with van der Waals surface area (Å²) in [5, 5.41) is 11.9. The molecule has 1 aliphatic rings. The summed E-state index contributed by atoms with van der Waals surface area (Å²) in [6.45, 7) is 3.48. The third-order valence-corrected chi connectivity index (χ3v) is 4.61. The topological polar surface area (TPSA) is 87.7 Å². The van der Waals surface area contributed by atoms with Gasteiger partial charge in [-0.05, 0) is 43.2 Å². The lowest BCUT2D eigenvalue weighted by Gasteiger charge is -2.21. The van der Waals surface area contributed by atoms with Crippen LogP contribution >= 0.6 is 0 Å². The Morgan fingerprint density at radius 1 is 1.19 bits per heavy atom. The van der Waals surface area contributed by atoms with Crippen LogP contribution in [0.2, 0.25) is 0 Å². The minimum Gasteiger partial charge on any atom is -0.398 e. The molecule has 2 amide bonds. The monoisotopic (exact) mass is 383 g/mol. The molecule has 0 heterocycles. The second-order valence-electron chi connectivity index (χ2n) is 6.89. The molecule has 0 bridgehead atoms. The van der Waals surface area contributed by atoms with Gasteiger partial charge in [-0.15, -0.1) is 0 Å². The fourth-order valence-corrected chi connectivity index (χ4v) is 2.93. The standard InChI is InChI=1S/C19H24F3N3O2/c1-10(2)17(9-26)25-19(27)24-16-6-4-3-5-11(16)18(23)12-7-14(21)15(22)8-13(12)20/h7-8,10,17,26H,3-6,9,23H2,1-2H3,(H,25,27). The molecule has 27 heavy (non-hydrogen) atoms. The van der Waals surface area contributed by atoms with Crippen LogP contribution in [-0.2, 0) is 0 Å². The summed E-state index contributed by atoms with van der Waals surface area (Å²) in [7, 11) is 0. The second-order valence-corrected chi connectivity index (χ2v) is 6.89. The molecular weight excluding hydrogens is 359 g/mol. The van der Waals surface area contributed by atoms with E-state index in [-0.39, 0.29) is 23.8 Å². The fraction of sp³-hybridized carbons (Fsp3) is 0.474. The Labute approximate surface area is 156 Å². The number of nitrogens with zero attached hydrogens (tertiary/aromatic N) is 1. The number of hydrogen-bond acceptors (Lipinski definition) is 3. The predicted molar refractivity (Wildman–Crippen MR) is 97.6 cm³/mol. The van der Waals surface area contributed by atoms with Crippen LogP contribution < -0.4 is 11.1 Å². The molecule has 1 saturated carbocycles. The number of urea groups is 1. The maximum absolute atomic E-state index is 14.1. The first-order valence-electron chi connectivity index (χ1n) is 8.87. The summed E-state index contributed by atoms with van der Waals surface area (Å²) in [4.78, 5) is 16.2. The number of amides is 2. The Balaban J connectivity index is 2.37. The summed E-state index contributed by atoms with van der Waals surface area (Å²) < 4.78 is 40.7. The van der Waals surface area contributed by atoms with Crippen LogP contribution in [0, 0.1) is 23.4 Å². The number of allylic oxidation sites excluding steroid dienone is 1. The molecule has 8 heteroatoms. The first kappa shape index (κ1) is 21.0. The molecule has 1 fully saturated rings. The van der Waals surface area contributed by atoms with Crippen molar-refractivity contribution in [2.75, 3.05) is 6.61 Å². The van der Waals surface area contributed by atoms with E-state index in [1.807, 2.05) is 13.8 Å². The van der Waals surface area contributed by atoms with Gasteiger partial charge in [-0.2, -0.15) is 4.99 Å². The van der Waals surface area contributed by atoms with Crippen LogP contribution in [0.15, 0.2) is 22.7 Å². The van der Waals surface area contributed by atoms with Crippen LogP contribution in [0.5, 0.6) is 0 Å². The fourth-order valence-electron chi connectivity index (χ4n) is 2.93. The Morgan fingerprint density at radius 2 is 1.81 bits per heavy atom. The number of carbonyl (C=O) groups excluding carboxylic acids is 1. The Morgan fingerprint density at radius 3 is 2.44 bits per heavy atom. The predicted octanol–water partition coefficient (Wildman–Crippen LogP) is 3.52. The van der Waals surface area contributed by atoms with Crippen LogP contribution in [-0.4, -0.2) is 29.5 Å². The van der Waals surface area contributed by atoms with Gasteiger partial charge in [0.05, 0.1) is 18.4 Å². The quantitative estimate of drug-likeness (QED) is 0.695. The number of nitrogens with two attached hydrogens (primary N) is 1. The zero-order valence-electron chi connectivity index (χ0n) is 15.4. The zero-order chi connectivity index (χ0) is 20.1. The Hall–Kier alpha value is -2.35. The number of aliphatic hydroxyl groups excluding tert-OH is 1. The summed E-state index contributed by atoms with van der Waals surface area (Å²) in [6, 6.07) is 0.0771. The highest BCUT2D eigenvalue weighted by molar-refractivity contribution is 6.10. The van der Waals surface area contributed by atoms with Gasteiger partial charge in [0.2, 0.25) is 0 Å². The highest BCUT2D eigenvalue weighted by Gasteiger charge is 2.22. The summed E-state index contributed by atoms with van der Waals surface area (Å²) in [6.07, 6.45) is 2.44. The Kier molecular flexibility index (Phi) is 7.01. The largest absolute Gasteiger partial charge is 0.398 e. The van der Waals surface area contributed by atoms with Crippen LogP contribution in [0.4, 0.5) is 18.0 Å². The minimum absolute atomic E-state index is 0.0156. The van der Waals surface area contributed by atoms with Crippen molar-refractivity contribution in [3.63, 3.8) is 0 Å². The van der Waals surface area contributed by atoms with Gasteiger partial charge in [-0.1, -0.05) is 13.8 Å². The van der Waals surface area contributed by atoms with Crippen LogP contribution in [0.3, 0.4) is 0 Å². The molecule has 0 aliphatic heterocycles. The third kappa shape index (κ3) is 5.09. The lowest BCUT2D eigenvalue weighted by Crippen LogP contribution is -2.40. The highest BCUT2D eigenvalue weighted by atomic mass is 19.2. The van der Waals surface area contributed by atoms with E-state index < -0.39 is 29.5 Å². The normalized spacial score (nSPS) is 19.3. The Bertz CT molecular complexity index is 776. The van der Waals surface area contributed by atoms with Gasteiger partial charge >= 0.3 is 6.03 Å². The van der Waals surface area contributed by atoms with Crippen molar-refractivity contribution in [3.05, 3.63) is 40.7 Å². The molecular formula is C19H24F3N3O2. The van der Waals surface area contributed by atoms with Crippen molar-refractivity contribution in [2.45, 2.75) is 45.6 Å². The molecule has 0 spiro atoms. The van der Waals surface area contributed by atoms with Gasteiger partial charge in [-0.3, -0.25) is 0 Å². The third-order valence-electron chi connectivity index (χ3n) is 4.61. The smallest absolute Gasteiger partial charge is 0.341 e. The van der Waals surface area contributed by atoms with E-state index in [9.17, 15) is 23.1 Å². The summed E-state index contributed by atoms with van der Waals surface area (Å²) in [5.74, 6) is -3.46. The van der Waals surface area contributed by atoms with Crippen molar-refractivity contribution in [1.29, 1.82) is 0 Å². The maximum Gasteiger partial charge on any atom is 0.341 e. The van der Waals surface area contributed by atoms with Crippen LogP contribution in [0.1, 0.15) is 45.1 Å². The zero-order valence-corrected chi connectivity index (χ0v) is 15.4. The second kappa shape index (κ2) is 9.03. The first-order chi connectivity index (χ1) is 12.7. The molecule has 1 aromatic rings. The number of benzene rings is 1. The van der Waals surface area contributed by atoms with Crippen molar-refractivity contribution >= 4 is 17.4 Å². The number of rotatable bonds is 4. The van der Waals surface area contributed by atoms with Gasteiger partial charge in [0.1, 0.15) is 5.82 Å². The van der Waals surface area contributed by atoms with E-state index >= 15 is 0 Å². The van der Waals surface area contributed by atoms with Crippen molar-refractivity contribution in [3.8, 4) is 0 Å². The lowest BCUT2D eigenvalue weighted by atomic mass is 9.89. The number of halogens is 3. The summed E-state index contributed by atoms with van der Waals surface area (Å²) in [5.41, 5.74) is 6.56. The van der Waals surface area contributed by atoms with E-state index in [0.29, 0.717) is 36.3 Å². The molecule has 0 radical (unpaired) electrons. The van der Waals surface area contributed by atoms with Gasteiger partial charge in [0.15, 0.2) is 11.6 Å². The molecule has 148 valence electrons. The van der Waals surface area contributed by atoms with E-state index in [4.69, 9.17) is 5.73 Å². The van der Waals surface area contributed by atoms with Crippen LogP contribution in [0.25, 0.3) is 5.70 Å². The SMILES string of the molecule is CC(C)C(CO)NC(=O)N=C1CCCCC1=C(N)c1cc(F)c(F)cc1F. The number of nitrogens with one attached hydrogen (secondary N) is 1. The van der Waals surface area contributed by atoms with Gasteiger partial charge < -0.3 is 16.2 Å². The average Bonchev–Trinajstić information content (AvgIpc) is 2.62. The van der Waals surface area contributed by atoms with E-state index in [0.717, 1.165) is 12.8 Å². The van der Waals surface area contributed by atoms with Crippen molar-refractivity contribution in [1.82, 2.24) is 5.32 Å². The van der Waals surface area contributed by atoms with Gasteiger partial charge in [0, 0.05) is 17.3 Å². The highest BCUT2D eigenvalue weighted by Crippen LogP contribution is 2.28. The molecule has 0 saturated heterocycles. The molecule has 2 rings (SSSR count). The number of hydrogen-bond donors (Lipinski definition) is 3. The van der Waals surface area contributed by atoms with Gasteiger partial charge in [-0.25, -0.2) is 18.0 Å². The van der Waals surface area contributed by atoms with E-state index in [1.165, 1.54) is 0 Å². The first-order valence-corrected chi connectivity index (χ1v) is 8.87. The number of carbonyl (C=O) groups is 1. The summed E-state index contributed by atoms with van der Waals surface area (Å²) >= 11 is 0. The molecule has 1 unspecified atom stereocenters. The maximum atomic E-state index is 14.1. The lowest BCUT2D eigenvalue weighted by molar-refractivity contribution is 0.203. The van der Waals surface area contributed by atoms with Crippen molar-refractivity contribution < 1.29 is 23.1 Å². The minimum atomic E-state index is -1.30. The molecule has 5 nitrogen and oxygen atoms in total. The molecule has 1 aliphatic carbocycles. The van der Waals surface area contributed by atoms with E-state index in [2.05, 4.69) is 10.3 Å². The molecule has 1 aromatic carbocycles. The number of aliphatic imine (C=N–C) groups is 1. The molecule has 1 atom stereocenters. The van der Waals surface area contributed by atoms with E-state index in [1.54, 1.807) is 0 Å². The van der Waals surface area contributed by atoms with Crippen molar-refractivity contribution in [2.24, 2.45) is 16.6 Å². The molecule has 0 aromatic heterocycles. The average molecular weight is 383 g/mol.